The van der Waals surface area contributed by atoms with Crippen LogP contribution in [0.5, 0.6) is 0 Å². The maximum atomic E-state index is 12.9. The molecule has 1 saturated heterocycles. The van der Waals surface area contributed by atoms with Gasteiger partial charge in [-0.25, -0.2) is 4.98 Å². The van der Waals surface area contributed by atoms with Crippen LogP contribution in [0, 0.1) is 0 Å². The van der Waals surface area contributed by atoms with Crippen molar-refractivity contribution >= 4 is 5.91 Å². The molecule has 1 aromatic heterocycles. The molecule has 6 nitrogen and oxygen atoms in total. The van der Waals surface area contributed by atoms with E-state index in [-0.39, 0.29) is 24.2 Å². The van der Waals surface area contributed by atoms with E-state index < -0.39 is 0 Å². The van der Waals surface area contributed by atoms with Crippen LogP contribution in [0.4, 0.5) is 0 Å². The average Bonchev–Trinajstić information content (AvgIpc) is 2.74. The summed E-state index contributed by atoms with van der Waals surface area (Å²) < 4.78 is 7.59. The van der Waals surface area contributed by atoms with Gasteiger partial charge >= 0.3 is 0 Å². The number of amides is 1. The van der Waals surface area contributed by atoms with E-state index in [2.05, 4.69) is 4.98 Å². The summed E-state index contributed by atoms with van der Waals surface area (Å²) >= 11 is 0. The lowest BCUT2D eigenvalue weighted by atomic mass is 10.1. The Balaban J connectivity index is 2.22. The monoisotopic (exact) mass is 280 g/mol. The Bertz CT molecular complexity index is 461. The second-order valence-corrected chi connectivity index (χ2v) is 5.80. The maximum Gasteiger partial charge on any atom is 0.246 e. The predicted octanol–water partition coefficient (Wildman–Crippen LogP) is 0.659. The summed E-state index contributed by atoms with van der Waals surface area (Å²) in [4.78, 5) is 20.8. The van der Waals surface area contributed by atoms with Gasteiger partial charge in [-0.05, 0) is 27.9 Å². The zero-order chi connectivity index (χ0) is 14.9. The van der Waals surface area contributed by atoms with Gasteiger partial charge in [-0.1, -0.05) is 0 Å². The van der Waals surface area contributed by atoms with Crippen LogP contribution in [0.1, 0.15) is 25.6 Å². The van der Waals surface area contributed by atoms with Gasteiger partial charge < -0.3 is 14.2 Å². The number of likely N-dealkylation sites (N-methyl/N-ethyl adjacent to an activating group) is 1. The summed E-state index contributed by atoms with van der Waals surface area (Å²) in [5.74, 6) is 0.112. The molecule has 2 heterocycles. The Labute approximate surface area is 120 Å². The molecule has 0 saturated carbocycles. The molecule has 0 radical (unpaired) electrons. The molecule has 1 aliphatic rings. The van der Waals surface area contributed by atoms with Crippen LogP contribution in [0.3, 0.4) is 0 Å². The minimum Gasteiger partial charge on any atom is -0.372 e. The van der Waals surface area contributed by atoms with Crippen LogP contribution in [0.15, 0.2) is 12.5 Å². The molecule has 0 aromatic carbocycles. The van der Waals surface area contributed by atoms with Gasteiger partial charge in [-0.2, -0.15) is 0 Å². The Morgan fingerprint density at radius 1 is 1.40 bits per heavy atom. The van der Waals surface area contributed by atoms with E-state index in [9.17, 15) is 4.79 Å². The smallest absolute Gasteiger partial charge is 0.246 e. The average molecular weight is 280 g/mol. The van der Waals surface area contributed by atoms with Crippen molar-refractivity contribution in [2.24, 2.45) is 7.05 Å². The Hall–Kier alpha value is -1.40. The zero-order valence-electron chi connectivity index (χ0n) is 12.9. The van der Waals surface area contributed by atoms with Gasteiger partial charge in [0, 0.05) is 20.1 Å². The van der Waals surface area contributed by atoms with Gasteiger partial charge in [0.05, 0.1) is 30.4 Å². The first-order valence-corrected chi connectivity index (χ1v) is 6.97. The lowest BCUT2D eigenvalue weighted by molar-refractivity contribution is -0.148. The number of ether oxygens (including phenoxy) is 1. The highest BCUT2D eigenvalue weighted by Crippen LogP contribution is 2.22. The highest BCUT2D eigenvalue weighted by atomic mass is 16.5. The fourth-order valence-corrected chi connectivity index (χ4v) is 2.77. The molecule has 3 atom stereocenters. The topological polar surface area (TPSA) is 50.6 Å². The predicted molar refractivity (Wildman–Crippen MR) is 76.2 cm³/mol. The number of carbonyl (C=O) groups excluding carboxylic acids is 1. The van der Waals surface area contributed by atoms with Crippen molar-refractivity contribution in [1.82, 2.24) is 19.4 Å². The molecule has 0 N–H and O–H groups in total. The number of aromatic nitrogens is 2. The van der Waals surface area contributed by atoms with Gasteiger partial charge in [0.25, 0.3) is 0 Å². The van der Waals surface area contributed by atoms with Crippen LogP contribution in [-0.4, -0.2) is 64.7 Å². The molecule has 1 fully saturated rings. The van der Waals surface area contributed by atoms with Crippen molar-refractivity contribution in [3.8, 4) is 0 Å². The molecule has 1 amide bonds. The summed E-state index contributed by atoms with van der Waals surface area (Å²) in [6, 6.07) is -0.306. The SMILES string of the molecule is CC1CN(C(=O)C(c2cncn2C)N(C)C)CC(C)O1. The molecule has 112 valence electrons. The van der Waals surface area contributed by atoms with Gasteiger partial charge in [0.15, 0.2) is 0 Å². The summed E-state index contributed by atoms with van der Waals surface area (Å²) in [6.45, 7) is 5.30. The number of nitrogens with zero attached hydrogens (tertiary/aromatic N) is 4. The fourth-order valence-electron chi connectivity index (χ4n) is 2.77. The molecule has 3 unspecified atom stereocenters. The highest BCUT2D eigenvalue weighted by Gasteiger charge is 2.33. The quantitative estimate of drug-likeness (QED) is 0.816. The largest absolute Gasteiger partial charge is 0.372 e. The van der Waals surface area contributed by atoms with Crippen LogP contribution in [-0.2, 0) is 16.6 Å². The van der Waals surface area contributed by atoms with Gasteiger partial charge in [0.1, 0.15) is 6.04 Å². The third-order valence-corrected chi connectivity index (χ3v) is 3.62. The van der Waals surface area contributed by atoms with Crippen LogP contribution < -0.4 is 0 Å². The van der Waals surface area contributed by atoms with Crippen LogP contribution in [0.2, 0.25) is 0 Å². The number of carbonyl (C=O) groups is 1. The normalized spacial score (nSPS) is 25.0. The number of hydrogen-bond donors (Lipinski definition) is 0. The molecule has 6 heteroatoms. The first kappa shape index (κ1) is 15.0. The fraction of sp³-hybridized carbons (Fsp3) is 0.714. The zero-order valence-corrected chi connectivity index (χ0v) is 12.9. The van der Waals surface area contributed by atoms with E-state index in [1.165, 1.54) is 0 Å². The van der Waals surface area contributed by atoms with Gasteiger partial charge in [0.2, 0.25) is 5.91 Å². The third kappa shape index (κ3) is 3.02. The molecule has 0 aliphatic carbocycles. The van der Waals surface area contributed by atoms with Crippen molar-refractivity contribution in [3.63, 3.8) is 0 Å². The van der Waals surface area contributed by atoms with E-state index in [1.54, 1.807) is 12.5 Å². The Kier molecular flexibility index (Phi) is 4.45. The first-order chi connectivity index (χ1) is 9.40. The van der Waals surface area contributed by atoms with Crippen LogP contribution in [0.25, 0.3) is 0 Å². The minimum atomic E-state index is -0.306. The number of hydrogen-bond acceptors (Lipinski definition) is 4. The van der Waals surface area contributed by atoms with Crippen molar-refractivity contribution in [2.45, 2.75) is 32.1 Å². The van der Waals surface area contributed by atoms with E-state index in [0.29, 0.717) is 13.1 Å². The van der Waals surface area contributed by atoms with Crippen molar-refractivity contribution in [3.05, 3.63) is 18.2 Å². The number of morpholine rings is 1. The summed E-state index contributed by atoms with van der Waals surface area (Å²) in [6.07, 6.45) is 3.65. The van der Waals surface area contributed by atoms with Crippen LogP contribution >= 0.6 is 0 Å². The second kappa shape index (κ2) is 5.93. The lowest BCUT2D eigenvalue weighted by Gasteiger charge is -2.38. The molecule has 2 rings (SSSR count). The number of imidazole rings is 1. The van der Waals surface area contributed by atoms with E-state index in [1.807, 2.05) is 49.4 Å². The standard InChI is InChI=1S/C14H24N4O2/c1-10-7-18(8-11(2)20-10)14(19)13(16(3)4)12-6-15-9-17(12)5/h6,9-11,13H,7-8H2,1-5H3. The molecule has 20 heavy (non-hydrogen) atoms. The summed E-state index contributed by atoms with van der Waals surface area (Å²) in [5, 5.41) is 0. The molecule has 1 aliphatic heterocycles. The third-order valence-electron chi connectivity index (χ3n) is 3.62. The Morgan fingerprint density at radius 2 is 2.00 bits per heavy atom. The molecular weight excluding hydrogens is 256 g/mol. The minimum absolute atomic E-state index is 0.0806. The van der Waals surface area contributed by atoms with Crippen molar-refractivity contribution in [2.75, 3.05) is 27.2 Å². The molecule has 0 spiro atoms. The van der Waals surface area contributed by atoms with Crippen molar-refractivity contribution < 1.29 is 9.53 Å². The molecule has 1 aromatic rings. The van der Waals surface area contributed by atoms with E-state index >= 15 is 0 Å². The van der Waals surface area contributed by atoms with Gasteiger partial charge in [-0.3, -0.25) is 9.69 Å². The Morgan fingerprint density at radius 3 is 2.45 bits per heavy atom. The van der Waals surface area contributed by atoms with E-state index in [0.717, 1.165) is 5.69 Å². The van der Waals surface area contributed by atoms with E-state index in [4.69, 9.17) is 4.74 Å². The number of aryl methyl sites for hydroxylation is 1. The lowest BCUT2D eigenvalue weighted by Crippen LogP contribution is -2.51. The maximum absolute atomic E-state index is 12.9. The highest BCUT2D eigenvalue weighted by molar-refractivity contribution is 5.83. The van der Waals surface area contributed by atoms with Gasteiger partial charge in [-0.15, -0.1) is 0 Å². The van der Waals surface area contributed by atoms with Crippen molar-refractivity contribution in [1.29, 1.82) is 0 Å². The number of rotatable bonds is 3. The summed E-state index contributed by atoms with van der Waals surface area (Å²) in [7, 11) is 5.75. The molecule has 0 bridgehead atoms. The second-order valence-electron chi connectivity index (χ2n) is 5.80. The summed E-state index contributed by atoms with van der Waals surface area (Å²) in [5.41, 5.74) is 0.909. The molecular formula is C14H24N4O2. The first-order valence-electron chi connectivity index (χ1n) is 6.97.